The Hall–Kier alpha value is -1.62. The van der Waals surface area contributed by atoms with Gasteiger partial charge in [-0.2, -0.15) is 5.10 Å². The van der Waals surface area contributed by atoms with Crippen molar-refractivity contribution < 1.29 is 4.79 Å². The van der Waals surface area contributed by atoms with E-state index in [1.807, 2.05) is 32.2 Å². The number of anilines is 1. The molecule has 2 rings (SSSR count). The number of aryl methyl sites for hydroxylation is 2. The van der Waals surface area contributed by atoms with E-state index in [2.05, 4.69) is 26.3 Å². The molecule has 94 valence electrons. The summed E-state index contributed by atoms with van der Waals surface area (Å²) in [5, 5.41) is 6.98. The Morgan fingerprint density at radius 1 is 1.44 bits per heavy atom. The second kappa shape index (κ2) is 5.35. The summed E-state index contributed by atoms with van der Waals surface area (Å²) in [7, 11) is 0. The maximum atomic E-state index is 12.0. The molecular weight excluding hydrogens is 294 g/mol. The fraction of sp³-hybridized carbons (Fsp3) is 0.231. The van der Waals surface area contributed by atoms with E-state index in [1.165, 1.54) is 0 Å². The van der Waals surface area contributed by atoms with Gasteiger partial charge in [-0.1, -0.05) is 15.9 Å². The Kier molecular flexibility index (Phi) is 3.81. The normalized spacial score (nSPS) is 10.4. The van der Waals surface area contributed by atoms with Gasteiger partial charge in [0, 0.05) is 28.8 Å². The molecule has 2 aromatic rings. The summed E-state index contributed by atoms with van der Waals surface area (Å²) in [6, 6.07) is 7.28. The average Bonchev–Trinajstić information content (AvgIpc) is 2.80. The van der Waals surface area contributed by atoms with Crippen LogP contribution in [0.2, 0.25) is 0 Å². The van der Waals surface area contributed by atoms with Crippen molar-refractivity contribution in [2.24, 2.45) is 0 Å². The summed E-state index contributed by atoms with van der Waals surface area (Å²) in [5.74, 6) is 0.425. The van der Waals surface area contributed by atoms with Gasteiger partial charge in [0.25, 0.3) is 5.91 Å². The summed E-state index contributed by atoms with van der Waals surface area (Å²) in [6.45, 7) is 4.73. The molecule has 4 nitrogen and oxygen atoms in total. The van der Waals surface area contributed by atoms with E-state index in [0.29, 0.717) is 11.4 Å². The molecule has 18 heavy (non-hydrogen) atoms. The van der Waals surface area contributed by atoms with Gasteiger partial charge in [0.15, 0.2) is 5.82 Å². The molecule has 0 atom stereocenters. The summed E-state index contributed by atoms with van der Waals surface area (Å²) in [5.41, 5.74) is 1.66. The van der Waals surface area contributed by atoms with Crippen molar-refractivity contribution in [3.8, 4) is 0 Å². The van der Waals surface area contributed by atoms with Gasteiger partial charge < -0.3 is 5.32 Å². The molecule has 0 unspecified atom stereocenters. The minimum atomic E-state index is -0.146. The van der Waals surface area contributed by atoms with Crippen LogP contribution in [0.25, 0.3) is 0 Å². The van der Waals surface area contributed by atoms with Crippen molar-refractivity contribution in [2.75, 3.05) is 5.32 Å². The highest BCUT2D eigenvalue weighted by molar-refractivity contribution is 9.10. The number of rotatable bonds is 3. The van der Waals surface area contributed by atoms with Gasteiger partial charge in [-0.05, 0) is 37.6 Å². The zero-order valence-electron chi connectivity index (χ0n) is 10.3. The molecule has 1 aromatic carbocycles. The highest BCUT2D eigenvalue weighted by atomic mass is 79.9. The molecule has 1 aromatic heterocycles. The van der Waals surface area contributed by atoms with Crippen LogP contribution in [0.15, 0.2) is 34.9 Å². The average molecular weight is 308 g/mol. The molecule has 0 fully saturated rings. The third-order valence-corrected chi connectivity index (χ3v) is 3.52. The highest BCUT2D eigenvalue weighted by Gasteiger charge is 2.08. The molecular formula is C13H14BrN3O. The molecule has 0 aliphatic heterocycles. The minimum absolute atomic E-state index is 0.146. The molecule has 1 N–H and O–H groups in total. The molecule has 0 bridgehead atoms. The van der Waals surface area contributed by atoms with E-state index in [1.54, 1.807) is 16.8 Å². The van der Waals surface area contributed by atoms with Gasteiger partial charge in [-0.3, -0.25) is 9.48 Å². The summed E-state index contributed by atoms with van der Waals surface area (Å²) < 4.78 is 2.76. The predicted octanol–water partition coefficient (Wildman–Crippen LogP) is 3.23. The first-order chi connectivity index (χ1) is 8.60. The maximum absolute atomic E-state index is 12.0. The first-order valence-electron chi connectivity index (χ1n) is 5.71. The second-order valence-electron chi connectivity index (χ2n) is 3.97. The molecule has 0 aliphatic carbocycles. The fourth-order valence-corrected chi connectivity index (χ4v) is 1.83. The number of hydrogen-bond acceptors (Lipinski definition) is 2. The number of halogens is 1. The van der Waals surface area contributed by atoms with Gasteiger partial charge in [-0.15, -0.1) is 0 Å². The van der Waals surface area contributed by atoms with Crippen molar-refractivity contribution in [1.29, 1.82) is 0 Å². The number of nitrogens with zero attached hydrogens (tertiary/aromatic N) is 2. The van der Waals surface area contributed by atoms with Gasteiger partial charge in [0.05, 0.1) is 0 Å². The smallest absolute Gasteiger partial charge is 0.256 e. The van der Waals surface area contributed by atoms with Gasteiger partial charge in [0.1, 0.15) is 0 Å². The lowest BCUT2D eigenvalue weighted by atomic mass is 10.1. The van der Waals surface area contributed by atoms with Crippen molar-refractivity contribution in [1.82, 2.24) is 9.78 Å². The van der Waals surface area contributed by atoms with Gasteiger partial charge >= 0.3 is 0 Å². The number of amides is 1. The Balaban J connectivity index is 2.14. The maximum Gasteiger partial charge on any atom is 0.256 e. The largest absolute Gasteiger partial charge is 0.305 e. The monoisotopic (exact) mass is 307 g/mol. The lowest BCUT2D eigenvalue weighted by molar-refractivity contribution is 0.102. The van der Waals surface area contributed by atoms with Crippen LogP contribution in [0.5, 0.6) is 0 Å². The van der Waals surface area contributed by atoms with Crippen LogP contribution in [0, 0.1) is 6.92 Å². The Bertz CT molecular complexity index is 577. The zero-order chi connectivity index (χ0) is 13.1. The van der Waals surface area contributed by atoms with E-state index < -0.39 is 0 Å². The Morgan fingerprint density at radius 2 is 2.22 bits per heavy atom. The minimum Gasteiger partial charge on any atom is -0.305 e. The highest BCUT2D eigenvalue weighted by Crippen LogP contribution is 2.17. The van der Waals surface area contributed by atoms with Gasteiger partial charge in [0.2, 0.25) is 0 Å². The SMILES string of the molecule is CCn1ccc(NC(=O)c2ccc(Br)c(C)c2)n1. The lowest BCUT2D eigenvalue weighted by Crippen LogP contribution is -2.12. The summed E-state index contributed by atoms with van der Waals surface area (Å²) in [4.78, 5) is 12.0. The van der Waals surface area contributed by atoms with Crippen molar-refractivity contribution >= 4 is 27.7 Å². The van der Waals surface area contributed by atoms with Crippen LogP contribution in [0.1, 0.15) is 22.8 Å². The zero-order valence-corrected chi connectivity index (χ0v) is 11.9. The first-order valence-corrected chi connectivity index (χ1v) is 6.50. The Morgan fingerprint density at radius 3 is 2.83 bits per heavy atom. The summed E-state index contributed by atoms with van der Waals surface area (Å²) in [6.07, 6.45) is 1.84. The van der Waals surface area contributed by atoms with E-state index in [0.717, 1.165) is 16.6 Å². The Labute approximate surface area is 114 Å². The summed E-state index contributed by atoms with van der Waals surface area (Å²) >= 11 is 3.41. The number of nitrogens with one attached hydrogen (secondary N) is 1. The molecule has 0 radical (unpaired) electrons. The molecule has 1 amide bonds. The number of benzene rings is 1. The van der Waals surface area contributed by atoms with Crippen molar-refractivity contribution in [3.63, 3.8) is 0 Å². The predicted molar refractivity (Wildman–Crippen MR) is 74.7 cm³/mol. The van der Waals surface area contributed by atoms with Gasteiger partial charge in [-0.25, -0.2) is 0 Å². The van der Waals surface area contributed by atoms with E-state index in [9.17, 15) is 4.79 Å². The molecule has 1 heterocycles. The van der Waals surface area contributed by atoms with Crippen LogP contribution in [0.3, 0.4) is 0 Å². The van der Waals surface area contributed by atoms with Crippen LogP contribution >= 0.6 is 15.9 Å². The quantitative estimate of drug-likeness (QED) is 0.946. The second-order valence-corrected chi connectivity index (χ2v) is 4.83. The molecule has 0 spiro atoms. The third-order valence-electron chi connectivity index (χ3n) is 2.63. The van der Waals surface area contributed by atoms with Crippen LogP contribution in [-0.2, 0) is 6.54 Å². The van der Waals surface area contributed by atoms with Crippen LogP contribution in [-0.4, -0.2) is 15.7 Å². The first kappa shape index (κ1) is 12.8. The number of carbonyl (C=O) groups excluding carboxylic acids is 1. The van der Waals surface area contributed by atoms with Crippen LogP contribution < -0.4 is 5.32 Å². The van der Waals surface area contributed by atoms with Crippen LogP contribution in [0.4, 0.5) is 5.82 Å². The standard InChI is InChI=1S/C13H14BrN3O/c1-3-17-7-6-12(16-17)15-13(18)10-4-5-11(14)9(2)8-10/h4-8H,3H2,1-2H3,(H,15,16,18). The number of hydrogen-bond donors (Lipinski definition) is 1. The van der Waals surface area contributed by atoms with E-state index in [4.69, 9.17) is 0 Å². The molecule has 0 saturated heterocycles. The fourth-order valence-electron chi connectivity index (χ4n) is 1.58. The van der Waals surface area contributed by atoms with Crippen molar-refractivity contribution in [3.05, 3.63) is 46.1 Å². The van der Waals surface area contributed by atoms with Crippen molar-refractivity contribution in [2.45, 2.75) is 20.4 Å². The van der Waals surface area contributed by atoms with E-state index >= 15 is 0 Å². The third kappa shape index (κ3) is 2.79. The molecule has 0 aliphatic rings. The van der Waals surface area contributed by atoms with E-state index in [-0.39, 0.29) is 5.91 Å². The molecule has 5 heteroatoms. The number of aromatic nitrogens is 2. The molecule has 0 saturated carbocycles. The lowest BCUT2D eigenvalue weighted by Gasteiger charge is -2.04. The number of carbonyl (C=O) groups is 1. The topological polar surface area (TPSA) is 46.9 Å².